The van der Waals surface area contributed by atoms with Gasteiger partial charge in [-0.2, -0.15) is 4.99 Å². The summed E-state index contributed by atoms with van der Waals surface area (Å²) in [5.74, 6) is -1.28. The Labute approximate surface area is 228 Å². The van der Waals surface area contributed by atoms with E-state index in [9.17, 15) is 26.4 Å². The molecule has 0 fully saturated rings. The third-order valence-corrected chi connectivity index (χ3v) is 8.81. The second kappa shape index (κ2) is 11.1. The minimum Gasteiger partial charge on any atom is -0.465 e. The Hall–Kier alpha value is -3.85. The van der Waals surface area contributed by atoms with Crippen LogP contribution in [0.3, 0.4) is 0 Å². The minimum atomic E-state index is -3.99. The number of amides is 1. The second-order valence-corrected chi connectivity index (χ2v) is 12.6. The van der Waals surface area contributed by atoms with Gasteiger partial charge in [0.05, 0.1) is 26.6 Å². The molecule has 0 spiro atoms. The number of ether oxygens (including phenoxy) is 1. The number of sulfonamides is 2. The number of aryl methyl sites for hydroxylation is 1. The number of nitrogens with zero attached hydrogens (tertiary/aromatic N) is 2. The van der Waals surface area contributed by atoms with Gasteiger partial charge in [-0.1, -0.05) is 35.1 Å². The van der Waals surface area contributed by atoms with Gasteiger partial charge in [0.15, 0.2) is 4.80 Å². The summed E-state index contributed by atoms with van der Waals surface area (Å²) in [4.78, 5) is 29.6. The SMILES string of the molecule is CCOC(=O)Cn1c(=NC(=O)c2cccc(NS(=O)(=O)c3ccc(C)cc3)c2)sc2cc(S(N)(=O)=O)ccc21. The molecule has 0 aliphatic rings. The molecule has 14 heteroatoms. The van der Waals surface area contributed by atoms with E-state index < -0.39 is 31.9 Å². The number of hydrogen-bond donors (Lipinski definition) is 2. The zero-order chi connectivity index (χ0) is 28.4. The average Bonchev–Trinajstić information content (AvgIpc) is 3.19. The number of carbonyl (C=O) groups is 2. The molecule has 1 amide bonds. The molecule has 204 valence electrons. The second-order valence-electron chi connectivity index (χ2n) is 8.37. The van der Waals surface area contributed by atoms with Crippen molar-refractivity contribution >= 4 is 59.2 Å². The lowest BCUT2D eigenvalue weighted by Gasteiger charge is -2.09. The molecule has 0 radical (unpaired) electrons. The third-order valence-electron chi connectivity index (χ3n) is 5.47. The average molecular weight is 589 g/mol. The molecule has 1 heterocycles. The molecule has 39 heavy (non-hydrogen) atoms. The van der Waals surface area contributed by atoms with Crippen LogP contribution in [0.4, 0.5) is 5.69 Å². The van der Waals surface area contributed by atoms with E-state index in [2.05, 4.69) is 9.71 Å². The minimum absolute atomic E-state index is 0.0682. The highest BCUT2D eigenvalue weighted by atomic mass is 32.2. The first kappa shape index (κ1) is 28.2. The Balaban J connectivity index is 1.72. The van der Waals surface area contributed by atoms with Crippen molar-refractivity contribution in [3.8, 4) is 0 Å². The maximum atomic E-state index is 13.1. The summed E-state index contributed by atoms with van der Waals surface area (Å²) >= 11 is 0.986. The molecule has 0 saturated heterocycles. The first-order valence-electron chi connectivity index (χ1n) is 11.5. The first-order valence-corrected chi connectivity index (χ1v) is 15.3. The van der Waals surface area contributed by atoms with E-state index in [4.69, 9.17) is 9.88 Å². The molecule has 0 aliphatic carbocycles. The number of benzene rings is 3. The number of primary sulfonamides is 1. The third kappa shape index (κ3) is 6.60. The van der Waals surface area contributed by atoms with Gasteiger partial charge in [0, 0.05) is 11.3 Å². The van der Waals surface area contributed by atoms with Gasteiger partial charge in [-0.05, 0) is 62.4 Å². The van der Waals surface area contributed by atoms with Crippen molar-refractivity contribution in [3.05, 3.63) is 82.7 Å². The fourth-order valence-electron chi connectivity index (χ4n) is 3.60. The van der Waals surface area contributed by atoms with Gasteiger partial charge in [0.25, 0.3) is 15.9 Å². The van der Waals surface area contributed by atoms with Crippen LogP contribution >= 0.6 is 11.3 Å². The molecule has 3 aromatic carbocycles. The quantitative estimate of drug-likeness (QED) is 0.298. The normalized spacial score (nSPS) is 12.4. The van der Waals surface area contributed by atoms with E-state index in [0.717, 1.165) is 16.9 Å². The largest absolute Gasteiger partial charge is 0.465 e. The highest BCUT2D eigenvalue weighted by Gasteiger charge is 2.17. The summed E-state index contributed by atoms with van der Waals surface area (Å²) in [6, 6.07) is 16.2. The van der Waals surface area contributed by atoms with Crippen LogP contribution in [0.5, 0.6) is 0 Å². The lowest BCUT2D eigenvalue weighted by atomic mass is 10.2. The van der Waals surface area contributed by atoms with E-state index in [1.54, 1.807) is 19.1 Å². The summed E-state index contributed by atoms with van der Waals surface area (Å²) in [6.45, 7) is 3.37. The van der Waals surface area contributed by atoms with E-state index in [0.29, 0.717) is 10.2 Å². The molecule has 4 aromatic rings. The van der Waals surface area contributed by atoms with Crippen LogP contribution in [0.1, 0.15) is 22.8 Å². The number of rotatable bonds is 8. The standard InChI is InChI=1S/C25H24N4O7S3/c1-3-36-23(30)15-29-21-12-11-20(38(26,32)33)14-22(21)37-25(29)27-24(31)17-5-4-6-18(13-17)28-39(34,35)19-9-7-16(2)8-10-19/h4-14,28H,3,15H2,1-2H3,(H2,26,32,33). The summed E-state index contributed by atoms with van der Waals surface area (Å²) in [5.41, 5.74) is 1.60. The fraction of sp³-hybridized carbons (Fsp3) is 0.160. The van der Waals surface area contributed by atoms with E-state index in [1.807, 2.05) is 6.92 Å². The molecular weight excluding hydrogens is 564 g/mol. The summed E-state index contributed by atoms with van der Waals surface area (Å²) in [6.07, 6.45) is 0. The van der Waals surface area contributed by atoms with Gasteiger partial charge in [-0.25, -0.2) is 22.0 Å². The van der Waals surface area contributed by atoms with Crippen molar-refractivity contribution < 1.29 is 31.2 Å². The van der Waals surface area contributed by atoms with Gasteiger partial charge in [0.1, 0.15) is 6.54 Å². The number of aromatic nitrogens is 1. The number of esters is 1. The van der Waals surface area contributed by atoms with Gasteiger partial charge in [-0.15, -0.1) is 0 Å². The van der Waals surface area contributed by atoms with Crippen LogP contribution in [-0.4, -0.2) is 39.9 Å². The summed E-state index contributed by atoms with van der Waals surface area (Å²) in [5, 5.41) is 5.24. The van der Waals surface area contributed by atoms with Crippen molar-refractivity contribution in [1.82, 2.24) is 4.57 Å². The maximum absolute atomic E-state index is 13.1. The van der Waals surface area contributed by atoms with Crippen LogP contribution in [0.2, 0.25) is 0 Å². The predicted octanol–water partition coefficient (Wildman–Crippen LogP) is 2.76. The van der Waals surface area contributed by atoms with Crippen LogP contribution in [0.25, 0.3) is 10.2 Å². The highest BCUT2D eigenvalue weighted by Crippen LogP contribution is 2.22. The number of nitrogens with two attached hydrogens (primary N) is 1. The van der Waals surface area contributed by atoms with Crippen molar-refractivity contribution in [2.75, 3.05) is 11.3 Å². The van der Waals surface area contributed by atoms with Crippen molar-refractivity contribution in [2.24, 2.45) is 10.1 Å². The van der Waals surface area contributed by atoms with E-state index in [1.165, 1.54) is 59.2 Å². The Morgan fingerprint density at radius 3 is 2.36 bits per heavy atom. The lowest BCUT2D eigenvalue weighted by molar-refractivity contribution is -0.143. The topological polar surface area (TPSA) is 167 Å². The fourth-order valence-corrected chi connectivity index (χ4v) is 6.33. The zero-order valence-corrected chi connectivity index (χ0v) is 23.3. The Morgan fingerprint density at radius 2 is 1.69 bits per heavy atom. The Morgan fingerprint density at radius 1 is 1.00 bits per heavy atom. The molecule has 0 aliphatic heterocycles. The summed E-state index contributed by atoms with van der Waals surface area (Å²) in [7, 11) is -7.88. The predicted molar refractivity (Wildman–Crippen MR) is 146 cm³/mol. The van der Waals surface area contributed by atoms with Gasteiger partial charge in [0.2, 0.25) is 10.0 Å². The summed E-state index contributed by atoms with van der Waals surface area (Å²) < 4.78 is 58.5. The maximum Gasteiger partial charge on any atom is 0.326 e. The van der Waals surface area contributed by atoms with Crippen LogP contribution < -0.4 is 14.7 Å². The molecule has 0 unspecified atom stereocenters. The van der Waals surface area contributed by atoms with Gasteiger partial charge < -0.3 is 9.30 Å². The van der Waals surface area contributed by atoms with Gasteiger partial charge in [-0.3, -0.25) is 14.3 Å². The highest BCUT2D eigenvalue weighted by molar-refractivity contribution is 7.92. The molecule has 0 bridgehead atoms. The molecule has 0 atom stereocenters. The number of nitrogens with one attached hydrogen (secondary N) is 1. The van der Waals surface area contributed by atoms with Crippen LogP contribution in [0, 0.1) is 6.92 Å². The molecule has 3 N–H and O–H groups in total. The molecule has 4 rings (SSSR count). The molecule has 0 saturated carbocycles. The monoisotopic (exact) mass is 588 g/mol. The molecule has 11 nitrogen and oxygen atoms in total. The Kier molecular flexibility index (Phi) is 8.02. The number of hydrogen-bond acceptors (Lipinski definition) is 8. The number of fused-ring (bicyclic) bond motifs is 1. The number of anilines is 1. The lowest BCUT2D eigenvalue weighted by Crippen LogP contribution is -2.23. The van der Waals surface area contributed by atoms with E-state index in [-0.39, 0.29) is 39.0 Å². The van der Waals surface area contributed by atoms with Crippen molar-refractivity contribution in [2.45, 2.75) is 30.2 Å². The Bertz CT molecular complexity index is 1860. The number of thiazole rings is 1. The van der Waals surface area contributed by atoms with E-state index >= 15 is 0 Å². The zero-order valence-electron chi connectivity index (χ0n) is 20.8. The first-order chi connectivity index (χ1) is 18.4. The van der Waals surface area contributed by atoms with Crippen molar-refractivity contribution in [1.29, 1.82) is 0 Å². The molecule has 1 aromatic heterocycles. The smallest absolute Gasteiger partial charge is 0.326 e. The van der Waals surface area contributed by atoms with Crippen molar-refractivity contribution in [3.63, 3.8) is 0 Å². The van der Waals surface area contributed by atoms with Gasteiger partial charge >= 0.3 is 5.97 Å². The van der Waals surface area contributed by atoms with Crippen LogP contribution in [-0.2, 0) is 36.1 Å². The molecular formula is C25H24N4O7S3. The number of carbonyl (C=O) groups excluding carboxylic acids is 2. The van der Waals surface area contributed by atoms with Crippen LogP contribution in [0.15, 0.2) is 81.5 Å².